The number of nitro groups is 1. The highest BCUT2D eigenvalue weighted by Crippen LogP contribution is 2.38. The van der Waals surface area contributed by atoms with Gasteiger partial charge in [-0.05, 0) is 37.5 Å². The maximum Gasteiger partial charge on any atom is 0.334 e. The van der Waals surface area contributed by atoms with Crippen molar-refractivity contribution in [3.05, 3.63) is 69.8 Å². The summed E-state index contributed by atoms with van der Waals surface area (Å²) in [6, 6.07) is 15.4. The molecule has 0 amide bonds. The second kappa shape index (κ2) is 7.20. The maximum absolute atomic E-state index is 11.7. The van der Waals surface area contributed by atoms with Crippen LogP contribution in [-0.2, 0) is 6.42 Å². The Balaban J connectivity index is 2.22. The van der Waals surface area contributed by atoms with Gasteiger partial charge < -0.3 is 16.2 Å². The van der Waals surface area contributed by atoms with E-state index < -0.39 is 10.5 Å². The number of nitrogens with zero attached hydrogens (tertiary/aromatic N) is 2. The van der Waals surface area contributed by atoms with Gasteiger partial charge in [-0.2, -0.15) is 0 Å². The van der Waals surface area contributed by atoms with E-state index in [-0.39, 0.29) is 23.7 Å². The molecule has 0 bridgehead atoms. The lowest BCUT2D eigenvalue weighted by Gasteiger charge is -2.20. The number of hydrogen-bond donors (Lipinski definition) is 3. The molecule has 0 fully saturated rings. The van der Waals surface area contributed by atoms with Gasteiger partial charge in [-0.1, -0.05) is 42.5 Å². The highest BCUT2D eigenvalue weighted by Gasteiger charge is 2.26. The quantitative estimate of drug-likeness (QED) is 0.454. The first kappa shape index (κ1) is 18.6. The molecule has 0 aliphatic carbocycles. The molecule has 4 N–H and O–H groups in total. The lowest BCUT2D eigenvalue weighted by Crippen LogP contribution is -2.29. The van der Waals surface area contributed by atoms with Crippen molar-refractivity contribution in [1.82, 2.24) is 4.98 Å². The van der Waals surface area contributed by atoms with Gasteiger partial charge in [0.15, 0.2) is 0 Å². The summed E-state index contributed by atoms with van der Waals surface area (Å²) in [6.07, 6.45) is 0.595. The van der Waals surface area contributed by atoms with Crippen LogP contribution in [-0.4, -0.2) is 27.2 Å². The molecule has 0 saturated carbocycles. The maximum atomic E-state index is 11.7. The Bertz CT molecular complexity index is 982. The second-order valence-electron chi connectivity index (χ2n) is 7.12. The first-order valence-electron chi connectivity index (χ1n) is 8.62. The fourth-order valence-corrected chi connectivity index (χ4v) is 3.02. The zero-order chi connectivity index (χ0) is 19.6. The van der Waals surface area contributed by atoms with Crippen molar-refractivity contribution in [2.24, 2.45) is 0 Å². The van der Waals surface area contributed by atoms with Gasteiger partial charge in [0.1, 0.15) is 5.69 Å². The van der Waals surface area contributed by atoms with Crippen LogP contribution >= 0.6 is 0 Å². The van der Waals surface area contributed by atoms with Crippen LogP contribution in [0.2, 0.25) is 0 Å². The molecule has 0 atom stereocenters. The third-order valence-corrected chi connectivity index (χ3v) is 4.22. The monoisotopic (exact) mass is 366 g/mol. The summed E-state index contributed by atoms with van der Waals surface area (Å²) in [5.41, 5.74) is 7.39. The van der Waals surface area contributed by atoms with Crippen LogP contribution in [0.4, 0.5) is 17.2 Å². The van der Waals surface area contributed by atoms with Crippen molar-refractivity contribution in [2.45, 2.75) is 25.9 Å². The van der Waals surface area contributed by atoms with Crippen LogP contribution in [0.3, 0.4) is 0 Å². The van der Waals surface area contributed by atoms with Crippen molar-refractivity contribution in [3.8, 4) is 0 Å². The largest absolute Gasteiger partial charge is 0.389 e. The lowest BCUT2D eigenvalue weighted by molar-refractivity contribution is -0.383. The van der Waals surface area contributed by atoms with E-state index in [4.69, 9.17) is 5.73 Å². The van der Waals surface area contributed by atoms with E-state index in [9.17, 15) is 15.2 Å². The zero-order valence-corrected chi connectivity index (χ0v) is 15.3. The number of nitrogens with two attached hydrogens (primary N) is 1. The molecule has 0 aliphatic heterocycles. The average Bonchev–Trinajstić information content (AvgIpc) is 2.59. The summed E-state index contributed by atoms with van der Waals surface area (Å²) in [5.74, 6) is -0.150. The standard InChI is InChI=1S/C20H22N4O3/c1-20(2,25)12-22-17-16-14(11-13-7-4-3-5-8-13)9-6-10-15(16)23-19(21)18(17)24(26)27/h3-10,25H,11-12H2,1-2H3,(H3,21,22,23). The molecule has 140 valence electrons. The van der Waals surface area contributed by atoms with E-state index in [2.05, 4.69) is 10.3 Å². The predicted octanol–water partition coefficient (Wildman–Crippen LogP) is 3.50. The molecule has 27 heavy (non-hydrogen) atoms. The number of rotatable bonds is 6. The van der Waals surface area contributed by atoms with Crippen LogP contribution in [0.5, 0.6) is 0 Å². The molecule has 0 unspecified atom stereocenters. The summed E-state index contributed by atoms with van der Waals surface area (Å²) in [6.45, 7) is 3.39. The van der Waals surface area contributed by atoms with Gasteiger partial charge in [0.25, 0.3) is 0 Å². The molecule has 3 aromatic rings. The Morgan fingerprint density at radius 2 is 1.89 bits per heavy atom. The van der Waals surface area contributed by atoms with Gasteiger partial charge >= 0.3 is 5.69 Å². The highest BCUT2D eigenvalue weighted by molar-refractivity contribution is 6.01. The first-order chi connectivity index (χ1) is 12.8. The van der Waals surface area contributed by atoms with E-state index in [0.29, 0.717) is 17.3 Å². The molecular weight excluding hydrogens is 344 g/mol. The summed E-state index contributed by atoms with van der Waals surface area (Å²) >= 11 is 0. The lowest BCUT2D eigenvalue weighted by atomic mass is 9.98. The Morgan fingerprint density at radius 1 is 1.19 bits per heavy atom. The molecule has 7 heteroatoms. The molecule has 0 radical (unpaired) electrons. The number of pyridine rings is 1. The van der Waals surface area contributed by atoms with Gasteiger partial charge in [-0.3, -0.25) is 10.1 Å². The number of aliphatic hydroxyl groups is 1. The third-order valence-electron chi connectivity index (χ3n) is 4.22. The van der Waals surface area contributed by atoms with E-state index in [0.717, 1.165) is 11.1 Å². The van der Waals surface area contributed by atoms with Crippen molar-refractivity contribution < 1.29 is 10.0 Å². The van der Waals surface area contributed by atoms with E-state index in [1.165, 1.54) is 0 Å². The normalized spacial score (nSPS) is 11.5. The third kappa shape index (κ3) is 4.15. The topological polar surface area (TPSA) is 114 Å². The minimum atomic E-state index is -1.05. The van der Waals surface area contributed by atoms with Crippen molar-refractivity contribution in [2.75, 3.05) is 17.6 Å². The molecule has 0 spiro atoms. The van der Waals surface area contributed by atoms with Crippen LogP contribution in [0.25, 0.3) is 10.9 Å². The minimum Gasteiger partial charge on any atom is -0.389 e. The number of hydrogen-bond acceptors (Lipinski definition) is 6. The molecule has 3 rings (SSSR count). The van der Waals surface area contributed by atoms with Gasteiger partial charge in [-0.25, -0.2) is 4.98 Å². The van der Waals surface area contributed by atoms with Crippen molar-refractivity contribution in [1.29, 1.82) is 0 Å². The van der Waals surface area contributed by atoms with Crippen molar-refractivity contribution >= 4 is 28.1 Å². The summed E-state index contributed by atoms with van der Waals surface area (Å²) < 4.78 is 0. The Kier molecular flexibility index (Phi) is 4.96. The number of fused-ring (bicyclic) bond motifs is 1. The number of aromatic nitrogens is 1. The first-order valence-corrected chi connectivity index (χ1v) is 8.62. The SMILES string of the molecule is CC(C)(O)CNc1c([N+](=O)[O-])c(N)nc2cccc(Cc3ccccc3)c12. The molecule has 0 aliphatic rings. The fourth-order valence-electron chi connectivity index (χ4n) is 3.02. The van der Waals surface area contributed by atoms with Crippen LogP contribution in [0.1, 0.15) is 25.0 Å². The van der Waals surface area contributed by atoms with Crippen LogP contribution < -0.4 is 11.1 Å². The Hall–Kier alpha value is -3.19. The summed E-state index contributed by atoms with van der Waals surface area (Å²) in [4.78, 5) is 15.4. The molecule has 7 nitrogen and oxygen atoms in total. The molecule has 2 aromatic carbocycles. The predicted molar refractivity (Wildman–Crippen MR) is 107 cm³/mol. The van der Waals surface area contributed by atoms with Crippen molar-refractivity contribution in [3.63, 3.8) is 0 Å². The fraction of sp³-hybridized carbons (Fsp3) is 0.250. The second-order valence-corrected chi connectivity index (χ2v) is 7.12. The van der Waals surface area contributed by atoms with Crippen LogP contribution in [0, 0.1) is 10.1 Å². The Labute approximate surface area is 157 Å². The molecule has 1 aromatic heterocycles. The number of benzene rings is 2. The number of nitrogens with one attached hydrogen (secondary N) is 1. The molecule has 1 heterocycles. The highest BCUT2D eigenvalue weighted by atomic mass is 16.6. The van der Waals surface area contributed by atoms with Gasteiger partial charge in [0.05, 0.1) is 16.0 Å². The zero-order valence-electron chi connectivity index (χ0n) is 15.3. The van der Waals surface area contributed by atoms with E-state index >= 15 is 0 Å². The van der Waals surface area contributed by atoms with Crippen LogP contribution in [0.15, 0.2) is 48.5 Å². The minimum absolute atomic E-state index is 0.131. The van der Waals surface area contributed by atoms with Gasteiger partial charge in [-0.15, -0.1) is 0 Å². The smallest absolute Gasteiger partial charge is 0.334 e. The average molecular weight is 366 g/mol. The number of anilines is 2. The molecular formula is C20H22N4O3. The Morgan fingerprint density at radius 3 is 2.52 bits per heavy atom. The van der Waals surface area contributed by atoms with Gasteiger partial charge in [0.2, 0.25) is 5.82 Å². The summed E-state index contributed by atoms with van der Waals surface area (Å²) in [5, 5.41) is 25.4. The number of nitrogen functional groups attached to an aromatic ring is 1. The van der Waals surface area contributed by atoms with Gasteiger partial charge in [0, 0.05) is 11.9 Å². The van der Waals surface area contributed by atoms with E-state index in [1.807, 2.05) is 42.5 Å². The summed E-state index contributed by atoms with van der Waals surface area (Å²) in [7, 11) is 0. The molecule has 0 saturated heterocycles. The van der Waals surface area contributed by atoms with E-state index in [1.54, 1.807) is 19.9 Å².